The van der Waals surface area contributed by atoms with Gasteiger partial charge in [0.05, 0.1) is 5.75 Å². The van der Waals surface area contributed by atoms with Crippen LogP contribution in [0.15, 0.2) is 26.6 Å². The summed E-state index contributed by atoms with van der Waals surface area (Å²) in [5.41, 5.74) is 4.28. The van der Waals surface area contributed by atoms with E-state index >= 15 is 0 Å². The molecule has 0 saturated carbocycles. The van der Waals surface area contributed by atoms with Crippen LogP contribution in [0.2, 0.25) is 0 Å². The summed E-state index contributed by atoms with van der Waals surface area (Å²) < 4.78 is 2.51. The van der Waals surface area contributed by atoms with Crippen molar-refractivity contribution in [2.24, 2.45) is 14.1 Å². The second-order valence-electron chi connectivity index (χ2n) is 4.72. The zero-order valence-corrected chi connectivity index (χ0v) is 14.7. The topological polar surface area (TPSA) is 125 Å². The second-order valence-corrected chi connectivity index (χ2v) is 6.92. The molecule has 0 aliphatic carbocycles. The van der Waals surface area contributed by atoms with E-state index in [0.29, 0.717) is 16.0 Å². The van der Waals surface area contributed by atoms with Gasteiger partial charge in [0.15, 0.2) is 10.1 Å². The quantitative estimate of drug-likeness (QED) is 0.400. The van der Waals surface area contributed by atoms with Gasteiger partial charge < -0.3 is 11.1 Å². The van der Waals surface area contributed by atoms with Crippen LogP contribution in [-0.4, -0.2) is 37.4 Å². The summed E-state index contributed by atoms with van der Waals surface area (Å²) >= 11 is 2.44. The SMILES string of the molecule is C=CCNc1nnc(SCC(=O)c2c(N)n(C)c(=O)n(C)c2=O)s1. The van der Waals surface area contributed by atoms with Crippen LogP contribution < -0.4 is 22.3 Å². The lowest BCUT2D eigenvalue weighted by Gasteiger charge is -2.10. The number of Topliss-reactive ketones (excluding diaryl/α,β-unsaturated/α-hetero) is 1. The molecule has 0 saturated heterocycles. The summed E-state index contributed by atoms with van der Waals surface area (Å²) in [6.45, 7) is 4.15. The van der Waals surface area contributed by atoms with Gasteiger partial charge in [-0.25, -0.2) is 4.79 Å². The molecule has 3 N–H and O–H groups in total. The highest BCUT2D eigenvalue weighted by Gasteiger charge is 2.20. The molecule has 0 aromatic carbocycles. The average molecular weight is 368 g/mol. The molecule has 0 radical (unpaired) electrons. The molecule has 0 amide bonds. The molecule has 128 valence electrons. The minimum absolute atomic E-state index is 0.0340. The average Bonchev–Trinajstić information content (AvgIpc) is 3.02. The number of nitrogens with two attached hydrogens (primary N) is 1. The third kappa shape index (κ3) is 3.57. The van der Waals surface area contributed by atoms with E-state index in [0.717, 1.165) is 20.9 Å². The van der Waals surface area contributed by atoms with Crippen molar-refractivity contribution < 1.29 is 4.79 Å². The Kier molecular flexibility index (Phi) is 5.57. The van der Waals surface area contributed by atoms with E-state index in [4.69, 9.17) is 5.73 Å². The van der Waals surface area contributed by atoms with Crippen LogP contribution in [-0.2, 0) is 14.1 Å². The van der Waals surface area contributed by atoms with E-state index in [-0.39, 0.29) is 17.1 Å². The highest BCUT2D eigenvalue weighted by atomic mass is 32.2. The molecule has 0 spiro atoms. The van der Waals surface area contributed by atoms with E-state index in [1.807, 2.05) is 0 Å². The Hall–Kier alpha value is -2.40. The summed E-state index contributed by atoms with van der Waals surface area (Å²) in [5, 5.41) is 11.5. The number of anilines is 2. The number of carbonyl (C=O) groups is 1. The third-order valence-electron chi connectivity index (χ3n) is 3.12. The number of hydrogen-bond donors (Lipinski definition) is 2. The summed E-state index contributed by atoms with van der Waals surface area (Å²) in [6, 6.07) is 0. The maximum absolute atomic E-state index is 12.4. The monoisotopic (exact) mass is 368 g/mol. The zero-order valence-electron chi connectivity index (χ0n) is 13.1. The summed E-state index contributed by atoms with van der Waals surface area (Å²) in [6.07, 6.45) is 1.69. The molecule has 24 heavy (non-hydrogen) atoms. The molecule has 2 aromatic rings. The fraction of sp³-hybridized carbons (Fsp3) is 0.308. The van der Waals surface area contributed by atoms with Gasteiger partial charge in [-0.15, -0.1) is 16.8 Å². The molecule has 0 bridgehead atoms. The first-order valence-electron chi connectivity index (χ1n) is 6.76. The number of ketones is 1. The third-order valence-corrected chi connectivity index (χ3v) is 5.13. The van der Waals surface area contributed by atoms with Crippen molar-refractivity contribution in [3.63, 3.8) is 0 Å². The van der Waals surface area contributed by atoms with E-state index in [2.05, 4.69) is 22.1 Å². The van der Waals surface area contributed by atoms with Crippen molar-refractivity contribution >= 4 is 39.8 Å². The molecular formula is C13H16N6O3S2. The molecule has 0 aliphatic heterocycles. The van der Waals surface area contributed by atoms with Gasteiger partial charge in [-0.05, 0) is 0 Å². The number of nitrogens with one attached hydrogen (secondary N) is 1. The minimum Gasteiger partial charge on any atom is -0.384 e. The van der Waals surface area contributed by atoms with Gasteiger partial charge in [-0.3, -0.25) is 18.7 Å². The standard InChI is InChI=1S/C13H16N6O3S2/c1-4-5-15-11-16-17-12(24-11)23-6-7(20)8-9(14)18(2)13(22)19(3)10(8)21/h4H,1,5-6,14H2,2-3H3,(H,15,16). The first-order chi connectivity index (χ1) is 11.4. The lowest BCUT2D eigenvalue weighted by atomic mass is 10.2. The molecule has 2 aromatic heterocycles. The summed E-state index contributed by atoms with van der Waals surface area (Å²) in [7, 11) is 2.71. The van der Waals surface area contributed by atoms with Gasteiger partial charge in [0, 0.05) is 20.6 Å². The van der Waals surface area contributed by atoms with Gasteiger partial charge in [-0.1, -0.05) is 29.2 Å². The van der Waals surface area contributed by atoms with E-state index in [1.54, 1.807) is 6.08 Å². The second kappa shape index (κ2) is 7.45. The maximum Gasteiger partial charge on any atom is 0.332 e. The van der Waals surface area contributed by atoms with Crippen molar-refractivity contribution in [1.29, 1.82) is 0 Å². The largest absolute Gasteiger partial charge is 0.384 e. The number of nitrogen functional groups attached to an aromatic ring is 1. The van der Waals surface area contributed by atoms with Crippen LogP contribution in [0.1, 0.15) is 10.4 Å². The molecule has 0 fully saturated rings. The molecule has 11 heteroatoms. The number of nitrogens with zero attached hydrogens (tertiary/aromatic N) is 4. The number of rotatable bonds is 7. The van der Waals surface area contributed by atoms with E-state index in [1.165, 1.54) is 25.4 Å². The Morgan fingerprint density at radius 3 is 2.75 bits per heavy atom. The molecule has 0 aliphatic rings. The molecule has 0 atom stereocenters. The van der Waals surface area contributed by atoms with Crippen LogP contribution in [0.3, 0.4) is 0 Å². The first kappa shape index (κ1) is 17.9. The minimum atomic E-state index is -0.702. The van der Waals surface area contributed by atoms with Gasteiger partial charge >= 0.3 is 5.69 Å². The van der Waals surface area contributed by atoms with Crippen molar-refractivity contribution in [2.45, 2.75) is 4.34 Å². The van der Waals surface area contributed by atoms with E-state index in [9.17, 15) is 14.4 Å². The Morgan fingerprint density at radius 2 is 2.08 bits per heavy atom. The lowest BCUT2D eigenvalue weighted by molar-refractivity contribution is 0.102. The molecule has 9 nitrogen and oxygen atoms in total. The summed E-state index contributed by atoms with van der Waals surface area (Å²) in [4.78, 5) is 36.2. The van der Waals surface area contributed by atoms with Gasteiger partial charge in [0.25, 0.3) is 5.56 Å². The van der Waals surface area contributed by atoms with Gasteiger partial charge in [0.2, 0.25) is 5.13 Å². The summed E-state index contributed by atoms with van der Waals surface area (Å²) in [5.74, 6) is -0.642. The van der Waals surface area contributed by atoms with Crippen LogP contribution in [0, 0.1) is 0 Å². The molecule has 0 unspecified atom stereocenters. The van der Waals surface area contributed by atoms with Gasteiger partial charge in [-0.2, -0.15) is 0 Å². The highest BCUT2D eigenvalue weighted by molar-refractivity contribution is 8.01. The van der Waals surface area contributed by atoms with Gasteiger partial charge in [0.1, 0.15) is 11.4 Å². The predicted molar refractivity (Wildman–Crippen MR) is 95.0 cm³/mol. The van der Waals surface area contributed by atoms with Crippen LogP contribution >= 0.6 is 23.1 Å². The van der Waals surface area contributed by atoms with Crippen molar-refractivity contribution in [2.75, 3.05) is 23.3 Å². The Labute approximate surface area is 145 Å². The van der Waals surface area contributed by atoms with E-state index < -0.39 is 17.0 Å². The first-order valence-corrected chi connectivity index (χ1v) is 8.56. The fourth-order valence-corrected chi connectivity index (χ4v) is 3.45. The Bertz CT molecular complexity index is 898. The molecular weight excluding hydrogens is 352 g/mol. The normalized spacial score (nSPS) is 10.6. The number of hydrogen-bond acceptors (Lipinski definition) is 9. The number of aromatic nitrogens is 4. The predicted octanol–water partition coefficient (Wildman–Crippen LogP) is 0.0906. The number of carbonyl (C=O) groups excluding carboxylic acids is 1. The van der Waals surface area contributed by atoms with Crippen molar-refractivity contribution in [3.05, 3.63) is 39.1 Å². The van der Waals surface area contributed by atoms with Crippen molar-refractivity contribution in [1.82, 2.24) is 19.3 Å². The zero-order chi connectivity index (χ0) is 17.9. The Morgan fingerprint density at radius 1 is 1.38 bits per heavy atom. The van der Waals surface area contributed by atoms with Crippen LogP contribution in [0.4, 0.5) is 10.9 Å². The maximum atomic E-state index is 12.4. The molecule has 2 heterocycles. The molecule has 2 rings (SSSR count). The van der Waals surface area contributed by atoms with Crippen molar-refractivity contribution in [3.8, 4) is 0 Å². The smallest absolute Gasteiger partial charge is 0.332 e. The number of thioether (sulfide) groups is 1. The van der Waals surface area contributed by atoms with Crippen LogP contribution in [0.5, 0.6) is 0 Å². The Balaban J connectivity index is 2.16. The lowest BCUT2D eigenvalue weighted by Crippen LogP contribution is -2.41. The van der Waals surface area contributed by atoms with Crippen LogP contribution in [0.25, 0.3) is 0 Å². The highest BCUT2D eigenvalue weighted by Crippen LogP contribution is 2.26. The fourth-order valence-electron chi connectivity index (χ4n) is 1.82.